The summed E-state index contributed by atoms with van der Waals surface area (Å²) in [6, 6.07) is 9.83. The van der Waals surface area contributed by atoms with Crippen molar-refractivity contribution in [3.05, 3.63) is 35.9 Å². The minimum atomic E-state index is -0.389. The minimum absolute atomic E-state index is 0.00840. The number of rotatable bonds is 4. The summed E-state index contributed by atoms with van der Waals surface area (Å²) in [7, 11) is 3.45. The first-order valence-corrected chi connectivity index (χ1v) is 4.98. The van der Waals surface area contributed by atoms with E-state index in [1.54, 1.807) is 21.0 Å². The van der Waals surface area contributed by atoms with Crippen LogP contribution in [0.25, 0.3) is 0 Å². The van der Waals surface area contributed by atoms with E-state index in [0.717, 1.165) is 5.56 Å². The molecular formula is C12H17NO2. The Morgan fingerprint density at radius 2 is 1.93 bits per heavy atom. The van der Waals surface area contributed by atoms with Gasteiger partial charge in [-0.05, 0) is 12.5 Å². The highest BCUT2D eigenvalue weighted by Gasteiger charge is 2.14. The highest BCUT2D eigenvalue weighted by Crippen LogP contribution is 2.04. The van der Waals surface area contributed by atoms with Gasteiger partial charge in [0.25, 0.3) is 5.91 Å². The zero-order valence-electron chi connectivity index (χ0n) is 9.43. The molecule has 0 aliphatic heterocycles. The molecule has 0 bridgehead atoms. The summed E-state index contributed by atoms with van der Waals surface area (Å²) in [6.07, 6.45) is -0.389. The second-order valence-corrected chi connectivity index (χ2v) is 3.67. The summed E-state index contributed by atoms with van der Waals surface area (Å²) in [6.45, 7) is 2.24. The van der Waals surface area contributed by atoms with Gasteiger partial charge in [-0.25, -0.2) is 0 Å². The van der Waals surface area contributed by atoms with Crippen molar-refractivity contribution in [1.82, 2.24) is 4.90 Å². The van der Waals surface area contributed by atoms with Crippen LogP contribution in [-0.2, 0) is 16.1 Å². The molecule has 0 aliphatic rings. The topological polar surface area (TPSA) is 29.5 Å². The van der Waals surface area contributed by atoms with E-state index in [4.69, 9.17) is 4.74 Å². The number of amides is 1. The van der Waals surface area contributed by atoms with Crippen LogP contribution < -0.4 is 0 Å². The number of hydrogen-bond donors (Lipinski definition) is 0. The van der Waals surface area contributed by atoms with E-state index in [-0.39, 0.29) is 12.0 Å². The average molecular weight is 207 g/mol. The third kappa shape index (κ3) is 3.72. The molecule has 1 aromatic carbocycles. The maximum atomic E-state index is 11.5. The van der Waals surface area contributed by atoms with Crippen LogP contribution in [0.3, 0.4) is 0 Å². The molecule has 1 amide bonds. The second-order valence-electron chi connectivity index (χ2n) is 3.67. The van der Waals surface area contributed by atoms with Crippen molar-refractivity contribution in [3.8, 4) is 0 Å². The molecule has 0 saturated heterocycles. The normalized spacial score (nSPS) is 12.2. The quantitative estimate of drug-likeness (QED) is 0.751. The third-order valence-electron chi connectivity index (χ3n) is 2.13. The van der Waals surface area contributed by atoms with Crippen molar-refractivity contribution < 1.29 is 9.53 Å². The molecule has 0 spiro atoms. The summed E-state index contributed by atoms with van der Waals surface area (Å²) < 4.78 is 5.46. The van der Waals surface area contributed by atoms with Gasteiger partial charge in [-0.3, -0.25) is 4.79 Å². The van der Waals surface area contributed by atoms with E-state index in [2.05, 4.69) is 0 Å². The van der Waals surface area contributed by atoms with Gasteiger partial charge in [0.1, 0.15) is 6.10 Å². The number of likely N-dealkylation sites (N-methyl/N-ethyl adjacent to an activating group) is 1. The standard InChI is InChI=1S/C12H17NO2/c1-10(12(14)13(2)3)15-9-11-7-5-4-6-8-11/h4-8,10H,9H2,1-3H3/t10-/m1/s1. The van der Waals surface area contributed by atoms with Gasteiger partial charge in [-0.2, -0.15) is 0 Å². The molecule has 1 aromatic rings. The maximum absolute atomic E-state index is 11.5. The minimum Gasteiger partial charge on any atom is -0.364 e. The predicted molar refractivity (Wildman–Crippen MR) is 59.4 cm³/mol. The summed E-state index contributed by atoms with van der Waals surface area (Å²) in [5, 5.41) is 0. The fraction of sp³-hybridized carbons (Fsp3) is 0.417. The Bertz CT molecular complexity index is 309. The lowest BCUT2D eigenvalue weighted by Crippen LogP contribution is -2.33. The zero-order chi connectivity index (χ0) is 11.3. The number of benzene rings is 1. The Morgan fingerprint density at radius 1 is 1.33 bits per heavy atom. The van der Waals surface area contributed by atoms with Gasteiger partial charge in [-0.15, -0.1) is 0 Å². The number of nitrogens with zero attached hydrogens (tertiary/aromatic N) is 1. The Labute approximate surface area is 90.7 Å². The summed E-state index contributed by atoms with van der Waals surface area (Å²) in [5.41, 5.74) is 1.08. The fourth-order valence-electron chi connectivity index (χ4n) is 1.23. The van der Waals surface area contributed by atoms with E-state index < -0.39 is 0 Å². The largest absolute Gasteiger partial charge is 0.364 e. The molecule has 3 nitrogen and oxygen atoms in total. The van der Waals surface area contributed by atoms with E-state index in [1.165, 1.54) is 4.90 Å². The smallest absolute Gasteiger partial charge is 0.250 e. The lowest BCUT2D eigenvalue weighted by molar-refractivity contribution is -0.140. The SMILES string of the molecule is C[C@@H](OCc1ccccc1)C(=O)N(C)C. The predicted octanol–water partition coefficient (Wildman–Crippen LogP) is 1.68. The molecular weight excluding hydrogens is 190 g/mol. The Kier molecular flexibility index (Phi) is 4.31. The lowest BCUT2D eigenvalue weighted by atomic mass is 10.2. The molecule has 15 heavy (non-hydrogen) atoms. The van der Waals surface area contributed by atoms with Gasteiger partial charge in [-0.1, -0.05) is 30.3 Å². The third-order valence-corrected chi connectivity index (χ3v) is 2.13. The van der Waals surface area contributed by atoms with Crippen molar-refractivity contribution >= 4 is 5.91 Å². The average Bonchev–Trinajstić information content (AvgIpc) is 2.26. The molecule has 1 atom stereocenters. The molecule has 0 saturated carbocycles. The number of carbonyl (C=O) groups excluding carboxylic acids is 1. The Balaban J connectivity index is 2.41. The van der Waals surface area contributed by atoms with Crippen LogP contribution in [0.15, 0.2) is 30.3 Å². The van der Waals surface area contributed by atoms with E-state index in [1.807, 2.05) is 30.3 Å². The van der Waals surface area contributed by atoms with Gasteiger partial charge in [0.15, 0.2) is 0 Å². The van der Waals surface area contributed by atoms with Gasteiger partial charge in [0.05, 0.1) is 6.61 Å². The van der Waals surface area contributed by atoms with Crippen molar-refractivity contribution in [2.24, 2.45) is 0 Å². The molecule has 82 valence electrons. The van der Waals surface area contributed by atoms with Crippen molar-refractivity contribution in [1.29, 1.82) is 0 Å². The monoisotopic (exact) mass is 207 g/mol. The molecule has 1 rings (SSSR count). The first kappa shape index (κ1) is 11.7. The Morgan fingerprint density at radius 3 is 2.47 bits per heavy atom. The van der Waals surface area contributed by atoms with Crippen LogP contribution >= 0.6 is 0 Å². The molecule has 0 aromatic heterocycles. The number of ether oxygens (including phenoxy) is 1. The van der Waals surface area contributed by atoms with Crippen LogP contribution in [0.4, 0.5) is 0 Å². The molecule has 0 radical (unpaired) electrons. The van der Waals surface area contributed by atoms with Gasteiger partial charge >= 0.3 is 0 Å². The molecule has 3 heteroatoms. The molecule has 0 unspecified atom stereocenters. The molecule has 0 N–H and O–H groups in total. The van der Waals surface area contributed by atoms with Gasteiger partial charge in [0.2, 0.25) is 0 Å². The van der Waals surface area contributed by atoms with E-state index >= 15 is 0 Å². The van der Waals surface area contributed by atoms with E-state index in [0.29, 0.717) is 6.61 Å². The summed E-state index contributed by atoms with van der Waals surface area (Å²) >= 11 is 0. The van der Waals surface area contributed by atoms with Crippen LogP contribution in [0.5, 0.6) is 0 Å². The number of carbonyl (C=O) groups is 1. The van der Waals surface area contributed by atoms with E-state index in [9.17, 15) is 4.79 Å². The molecule has 0 heterocycles. The highest BCUT2D eigenvalue weighted by molar-refractivity contribution is 5.79. The van der Waals surface area contributed by atoms with Crippen molar-refractivity contribution in [3.63, 3.8) is 0 Å². The zero-order valence-corrected chi connectivity index (χ0v) is 9.43. The first-order valence-electron chi connectivity index (χ1n) is 4.98. The van der Waals surface area contributed by atoms with Crippen molar-refractivity contribution in [2.75, 3.05) is 14.1 Å². The van der Waals surface area contributed by atoms with Gasteiger partial charge < -0.3 is 9.64 Å². The van der Waals surface area contributed by atoms with Crippen LogP contribution in [-0.4, -0.2) is 31.0 Å². The summed E-state index contributed by atoms with van der Waals surface area (Å²) in [5.74, 6) is -0.00840. The van der Waals surface area contributed by atoms with Crippen LogP contribution in [0.1, 0.15) is 12.5 Å². The van der Waals surface area contributed by atoms with Crippen molar-refractivity contribution in [2.45, 2.75) is 19.6 Å². The number of hydrogen-bond acceptors (Lipinski definition) is 2. The van der Waals surface area contributed by atoms with Crippen LogP contribution in [0, 0.1) is 0 Å². The molecule has 0 aliphatic carbocycles. The summed E-state index contributed by atoms with van der Waals surface area (Å²) in [4.78, 5) is 13.0. The Hall–Kier alpha value is -1.35. The van der Waals surface area contributed by atoms with Gasteiger partial charge in [0, 0.05) is 14.1 Å². The lowest BCUT2D eigenvalue weighted by Gasteiger charge is -2.17. The van der Waals surface area contributed by atoms with Crippen LogP contribution in [0.2, 0.25) is 0 Å². The highest BCUT2D eigenvalue weighted by atomic mass is 16.5. The second kappa shape index (κ2) is 5.51. The fourth-order valence-corrected chi connectivity index (χ4v) is 1.23. The first-order chi connectivity index (χ1) is 7.11. The maximum Gasteiger partial charge on any atom is 0.250 e. The molecule has 0 fully saturated rings.